The first-order chi connectivity index (χ1) is 22.3. The van der Waals surface area contributed by atoms with Gasteiger partial charge in [0.05, 0.1) is 18.2 Å². The van der Waals surface area contributed by atoms with Crippen LogP contribution < -0.4 is 15.3 Å². The van der Waals surface area contributed by atoms with Crippen LogP contribution in [0.15, 0.2) is 77.7 Å². The van der Waals surface area contributed by atoms with Crippen molar-refractivity contribution in [1.29, 1.82) is 0 Å². The van der Waals surface area contributed by atoms with Gasteiger partial charge in [0.2, 0.25) is 5.79 Å². The molecule has 0 bridgehead atoms. The third-order valence-electron chi connectivity index (χ3n) is 6.92. The Morgan fingerprint density at radius 3 is 2.34 bits per heavy atom. The standard InChI is InChI=1S/C31H38N3O12P/c1-20(2)44-29(38)21(3)33-47(40,46-24-13-9-6-10-14-24)43-19-31(41-4)27(37)26(36)28(45-31)34-16-15-23(32-30(34)39)17-25(35)42-18-22-11-7-5-8-12-22/h5-16,20-21,26-28,36-37H,17-19H2,1-4H3,(H,33,40)/t21-,26-,27+,28-,31-,47?/m1/s1. The predicted octanol–water partition coefficient (Wildman–Crippen LogP) is 2.26. The van der Waals surface area contributed by atoms with Gasteiger partial charge in [-0.05, 0) is 44.5 Å². The van der Waals surface area contributed by atoms with Gasteiger partial charge >= 0.3 is 25.4 Å². The quantitative estimate of drug-likeness (QED) is 0.157. The second-order valence-electron chi connectivity index (χ2n) is 10.9. The number of methoxy groups -OCH3 is 1. The van der Waals surface area contributed by atoms with Crippen molar-refractivity contribution in [2.45, 2.75) is 70.2 Å². The largest absolute Gasteiger partial charge is 0.462 e. The molecule has 1 unspecified atom stereocenters. The van der Waals surface area contributed by atoms with E-state index >= 15 is 0 Å². The molecule has 0 aliphatic carbocycles. The number of nitrogens with one attached hydrogen (secondary N) is 1. The summed E-state index contributed by atoms with van der Waals surface area (Å²) in [6.45, 7) is 3.96. The van der Waals surface area contributed by atoms with Crippen molar-refractivity contribution in [1.82, 2.24) is 14.6 Å². The molecular weight excluding hydrogens is 637 g/mol. The van der Waals surface area contributed by atoms with Gasteiger partial charge < -0.3 is 33.7 Å². The first-order valence-electron chi connectivity index (χ1n) is 14.7. The van der Waals surface area contributed by atoms with Gasteiger partial charge in [0.15, 0.2) is 6.23 Å². The number of aliphatic hydroxyl groups is 2. The Bertz CT molecular complexity index is 1610. The lowest BCUT2D eigenvalue weighted by Crippen LogP contribution is -2.49. The third-order valence-corrected chi connectivity index (χ3v) is 8.55. The minimum atomic E-state index is -4.42. The Kier molecular flexibility index (Phi) is 12.0. The third kappa shape index (κ3) is 9.32. The van der Waals surface area contributed by atoms with E-state index in [1.165, 1.54) is 31.3 Å². The van der Waals surface area contributed by atoms with Crippen molar-refractivity contribution >= 4 is 19.7 Å². The fraction of sp³-hybridized carbons (Fsp3) is 0.419. The SMILES string of the molecule is CO[C@]1(COP(=O)(N[C@H](C)C(=O)OC(C)C)Oc2ccccc2)O[C@@H](n2ccc(CC(=O)OCc3ccccc3)nc2=O)[C@H](O)[C@@H]1O. The summed E-state index contributed by atoms with van der Waals surface area (Å²) in [5.74, 6) is -3.37. The van der Waals surface area contributed by atoms with Crippen molar-refractivity contribution in [2.75, 3.05) is 13.7 Å². The van der Waals surface area contributed by atoms with Crippen LogP contribution in [0.3, 0.4) is 0 Å². The smallest absolute Gasteiger partial charge is 0.459 e. The van der Waals surface area contributed by atoms with Crippen LogP contribution >= 0.6 is 7.75 Å². The van der Waals surface area contributed by atoms with E-state index in [4.69, 9.17) is 28.0 Å². The monoisotopic (exact) mass is 675 g/mol. The number of benzene rings is 2. The molecule has 1 aliphatic rings. The van der Waals surface area contributed by atoms with E-state index in [1.54, 1.807) is 44.2 Å². The highest BCUT2D eigenvalue weighted by molar-refractivity contribution is 7.52. The lowest BCUT2D eigenvalue weighted by molar-refractivity contribution is -0.267. The maximum Gasteiger partial charge on any atom is 0.459 e. The molecule has 3 aromatic rings. The van der Waals surface area contributed by atoms with Crippen LogP contribution in [0.2, 0.25) is 0 Å². The number of hydrogen-bond donors (Lipinski definition) is 3. The summed E-state index contributed by atoms with van der Waals surface area (Å²) in [6.07, 6.45) is -4.61. The summed E-state index contributed by atoms with van der Waals surface area (Å²) < 4.78 is 47.7. The topological polar surface area (TPSA) is 194 Å². The molecule has 0 spiro atoms. The Balaban J connectivity index is 1.48. The number of carbonyl (C=O) groups excluding carboxylic acids is 2. The maximum atomic E-state index is 13.9. The van der Waals surface area contributed by atoms with Crippen LogP contribution in [0.4, 0.5) is 0 Å². The van der Waals surface area contributed by atoms with Gasteiger partial charge in [-0.15, -0.1) is 0 Å². The van der Waals surface area contributed by atoms with Crippen LogP contribution in [0.25, 0.3) is 0 Å². The zero-order chi connectivity index (χ0) is 34.2. The molecule has 0 amide bonds. The average molecular weight is 676 g/mol. The Labute approximate surface area is 270 Å². The van der Waals surface area contributed by atoms with Gasteiger partial charge in [0, 0.05) is 13.3 Å². The minimum absolute atomic E-state index is 0.0533. The van der Waals surface area contributed by atoms with Gasteiger partial charge in [-0.3, -0.25) is 18.7 Å². The van der Waals surface area contributed by atoms with Crippen molar-refractivity contribution in [3.8, 4) is 5.75 Å². The molecule has 0 saturated carbocycles. The van der Waals surface area contributed by atoms with Gasteiger partial charge in [-0.1, -0.05) is 48.5 Å². The van der Waals surface area contributed by atoms with E-state index in [0.717, 1.165) is 17.2 Å². The fourth-order valence-corrected chi connectivity index (χ4v) is 6.02. The first kappa shape index (κ1) is 35.9. The number of hydrogen-bond acceptors (Lipinski definition) is 13. The summed E-state index contributed by atoms with van der Waals surface area (Å²) in [5.41, 5.74) is -0.00351. The van der Waals surface area contributed by atoms with E-state index in [1.807, 2.05) is 18.2 Å². The van der Waals surface area contributed by atoms with Crippen LogP contribution in [0.5, 0.6) is 5.75 Å². The molecule has 15 nitrogen and oxygen atoms in total. The van der Waals surface area contributed by atoms with Crippen LogP contribution in [0, 0.1) is 0 Å². The molecular formula is C31H38N3O12P. The molecule has 3 N–H and O–H groups in total. The van der Waals surface area contributed by atoms with Gasteiger partial charge in [0.1, 0.15) is 37.2 Å². The highest BCUT2D eigenvalue weighted by Crippen LogP contribution is 2.48. The normalized spacial score (nSPS) is 22.7. The summed E-state index contributed by atoms with van der Waals surface area (Å²) in [5, 5.41) is 24.4. The number of nitrogens with zero attached hydrogens (tertiary/aromatic N) is 2. The summed E-state index contributed by atoms with van der Waals surface area (Å²) >= 11 is 0. The molecule has 1 saturated heterocycles. The van der Waals surface area contributed by atoms with E-state index in [0.29, 0.717) is 0 Å². The van der Waals surface area contributed by atoms with Gasteiger partial charge in [-0.2, -0.15) is 10.1 Å². The molecule has 47 heavy (non-hydrogen) atoms. The van der Waals surface area contributed by atoms with E-state index in [2.05, 4.69) is 10.1 Å². The number of rotatable bonds is 15. The van der Waals surface area contributed by atoms with Gasteiger partial charge in [-0.25, -0.2) is 9.36 Å². The maximum absolute atomic E-state index is 13.9. The zero-order valence-corrected chi connectivity index (χ0v) is 27.1. The van der Waals surface area contributed by atoms with Crippen LogP contribution in [-0.2, 0) is 50.7 Å². The average Bonchev–Trinajstić information content (AvgIpc) is 3.29. The van der Waals surface area contributed by atoms with Crippen molar-refractivity contribution in [3.05, 3.63) is 94.7 Å². The number of para-hydroxylation sites is 1. The summed E-state index contributed by atoms with van der Waals surface area (Å²) in [7, 11) is -3.28. The number of ether oxygens (including phenoxy) is 4. The van der Waals surface area contributed by atoms with E-state index in [-0.39, 0.29) is 24.5 Å². The second-order valence-corrected chi connectivity index (χ2v) is 12.6. The molecule has 1 aliphatic heterocycles. The van der Waals surface area contributed by atoms with Crippen molar-refractivity contribution < 1.29 is 52.4 Å². The van der Waals surface area contributed by atoms with Crippen LogP contribution in [-0.4, -0.2) is 75.6 Å². The predicted molar refractivity (Wildman–Crippen MR) is 165 cm³/mol. The van der Waals surface area contributed by atoms with Crippen molar-refractivity contribution in [3.63, 3.8) is 0 Å². The van der Waals surface area contributed by atoms with Crippen LogP contribution in [0.1, 0.15) is 38.3 Å². The number of aliphatic hydroxyl groups excluding tert-OH is 2. The Hall–Kier alpha value is -3.95. The summed E-state index contributed by atoms with van der Waals surface area (Å²) in [6, 6.07) is 17.2. The molecule has 2 heterocycles. The number of carbonyl (C=O) groups is 2. The van der Waals surface area contributed by atoms with Crippen molar-refractivity contribution in [2.24, 2.45) is 0 Å². The highest BCUT2D eigenvalue weighted by Gasteiger charge is 2.57. The minimum Gasteiger partial charge on any atom is -0.462 e. The lowest BCUT2D eigenvalue weighted by Gasteiger charge is -2.32. The first-order valence-corrected chi connectivity index (χ1v) is 16.2. The molecule has 1 fully saturated rings. The molecule has 1 aromatic heterocycles. The number of esters is 2. The molecule has 4 rings (SSSR count). The zero-order valence-electron chi connectivity index (χ0n) is 26.3. The molecule has 2 aromatic carbocycles. The summed E-state index contributed by atoms with van der Waals surface area (Å²) in [4.78, 5) is 41.6. The molecule has 16 heteroatoms. The molecule has 0 radical (unpaired) electrons. The van der Waals surface area contributed by atoms with E-state index < -0.39 is 68.4 Å². The fourth-order valence-electron chi connectivity index (χ4n) is 4.51. The Morgan fingerprint density at radius 1 is 1.06 bits per heavy atom. The van der Waals surface area contributed by atoms with E-state index in [9.17, 15) is 29.2 Å². The number of aromatic nitrogens is 2. The Morgan fingerprint density at radius 2 is 1.72 bits per heavy atom. The lowest BCUT2D eigenvalue weighted by atomic mass is 10.1. The molecule has 6 atom stereocenters. The second kappa shape index (κ2) is 15.8. The van der Waals surface area contributed by atoms with Gasteiger partial charge in [0.25, 0.3) is 0 Å². The highest BCUT2D eigenvalue weighted by atomic mass is 31.2. The molecule has 254 valence electrons.